The fourth-order valence-corrected chi connectivity index (χ4v) is 5.69. The van der Waals surface area contributed by atoms with Crippen molar-refractivity contribution in [3.8, 4) is 11.1 Å². The third kappa shape index (κ3) is 4.42. The summed E-state index contributed by atoms with van der Waals surface area (Å²) in [6, 6.07) is 5.35. The van der Waals surface area contributed by atoms with Gasteiger partial charge in [-0.3, -0.25) is 9.59 Å². The van der Waals surface area contributed by atoms with Gasteiger partial charge in [-0.05, 0) is 81.3 Å². The molecule has 1 aliphatic carbocycles. The average molecular weight is 482 g/mol. The van der Waals surface area contributed by atoms with Gasteiger partial charge in [-0.25, -0.2) is 14.4 Å². The maximum atomic E-state index is 15.2. The number of pyridine rings is 1. The summed E-state index contributed by atoms with van der Waals surface area (Å²) < 4.78 is 17.3. The van der Waals surface area contributed by atoms with Crippen molar-refractivity contribution >= 4 is 28.7 Å². The molecular formula is C27H36FN5O2. The highest BCUT2D eigenvalue weighted by molar-refractivity contribution is 5.93. The van der Waals surface area contributed by atoms with Gasteiger partial charge in [0.2, 0.25) is 11.8 Å². The van der Waals surface area contributed by atoms with E-state index in [9.17, 15) is 9.59 Å². The summed E-state index contributed by atoms with van der Waals surface area (Å²) in [5, 5.41) is 5.88. The van der Waals surface area contributed by atoms with Gasteiger partial charge in [0.1, 0.15) is 17.2 Å². The van der Waals surface area contributed by atoms with Crippen LogP contribution in [0.5, 0.6) is 0 Å². The van der Waals surface area contributed by atoms with Crippen molar-refractivity contribution in [1.29, 1.82) is 0 Å². The van der Waals surface area contributed by atoms with Gasteiger partial charge in [-0.15, -0.1) is 0 Å². The molecule has 1 fully saturated rings. The number of hydrogen-bond donors (Lipinski definition) is 2. The average Bonchev–Trinajstić information content (AvgIpc) is 3.32. The molecule has 0 radical (unpaired) electrons. The van der Waals surface area contributed by atoms with Crippen LogP contribution in [0.15, 0.2) is 24.4 Å². The number of nitrogens with one attached hydrogen (secondary N) is 2. The predicted molar refractivity (Wildman–Crippen MR) is 138 cm³/mol. The van der Waals surface area contributed by atoms with Gasteiger partial charge in [0.15, 0.2) is 5.82 Å². The highest BCUT2D eigenvalue weighted by Crippen LogP contribution is 2.38. The molecule has 1 saturated carbocycles. The number of carbonyl (C=O) groups is 2. The molecule has 0 spiro atoms. The lowest BCUT2D eigenvalue weighted by molar-refractivity contribution is -0.123. The number of imidazole rings is 1. The molecule has 3 aromatic rings. The summed E-state index contributed by atoms with van der Waals surface area (Å²) in [4.78, 5) is 33.4. The molecular weight excluding hydrogens is 445 g/mol. The van der Waals surface area contributed by atoms with Crippen molar-refractivity contribution < 1.29 is 16.8 Å². The standard InChI is InChI=1S/C27H32FN5O2.2H2/c1-15-14-29-23(31-26(35)17-6-5-7-19(10-17)30-16(2)34)13-20(15)18-11-21(28)25-22(12-18)33-24(32-25)8-9-27(33,3)4;;/h11-14,17,19H,5-10H2,1-4H3,(H,30,34)(H,29,31,35);2*1H/t17-,19+;;/m0../s1. The largest absolute Gasteiger partial charge is 0.354 e. The second kappa shape index (κ2) is 8.73. The highest BCUT2D eigenvalue weighted by Gasteiger charge is 2.33. The molecule has 2 atom stereocenters. The molecule has 188 valence electrons. The second-order valence-electron chi connectivity index (χ2n) is 10.6. The fraction of sp³-hybridized carbons (Fsp3) is 0.481. The summed E-state index contributed by atoms with van der Waals surface area (Å²) in [6.45, 7) is 7.74. The smallest absolute Gasteiger partial charge is 0.228 e. The molecule has 2 aromatic heterocycles. The van der Waals surface area contributed by atoms with Crippen LogP contribution in [0.2, 0.25) is 0 Å². The molecule has 2 N–H and O–H groups in total. The van der Waals surface area contributed by atoms with Gasteiger partial charge < -0.3 is 15.2 Å². The summed E-state index contributed by atoms with van der Waals surface area (Å²) in [6.07, 6.45) is 6.70. The number of amides is 2. The zero-order chi connectivity index (χ0) is 24.9. The first-order chi connectivity index (χ1) is 16.6. The zero-order valence-electron chi connectivity index (χ0n) is 20.7. The Balaban J connectivity index is 0.00000190. The monoisotopic (exact) mass is 481 g/mol. The molecule has 0 unspecified atom stereocenters. The minimum absolute atomic E-state index is 0. The molecule has 1 aliphatic heterocycles. The molecule has 2 amide bonds. The van der Waals surface area contributed by atoms with Crippen molar-refractivity contribution in [3.63, 3.8) is 0 Å². The van der Waals surface area contributed by atoms with Crippen LogP contribution >= 0.6 is 0 Å². The number of aromatic nitrogens is 3. The zero-order valence-corrected chi connectivity index (χ0v) is 20.7. The second-order valence-corrected chi connectivity index (χ2v) is 10.6. The van der Waals surface area contributed by atoms with Crippen LogP contribution in [0.4, 0.5) is 10.2 Å². The minimum Gasteiger partial charge on any atom is -0.354 e. The van der Waals surface area contributed by atoms with E-state index < -0.39 is 0 Å². The van der Waals surface area contributed by atoms with E-state index in [0.717, 1.165) is 60.1 Å². The van der Waals surface area contributed by atoms with Crippen molar-refractivity contribution in [1.82, 2.24) is 19.9 Å². The molecule has 3 heterocycles. The van der Waals surface area contributed by atoms with Gasteiger partial charge in [-0.2, -0.15) is 0 Å². The molecule has 7 nitrogen and oxygen atoms in total. The summed E-state index contributed by atoms with van der Waals surface area (Å²) in [7, 11) is 0. The van der Waals surface area contributed by atoms with Gasteiger partial charge in [0, 0.05) is 39.9 Å². The number of benzene rings is 1. The number of carbonyl (C=O) groups excluding carboxylic acids is 2. The lowest BCUT2D eigenvalue weighted by Crippen LogP contribution is -2.40. The lowest BCUT2D eigenvalue weighted by Gasteiger charge is -2.28. The molecule has 1 aromatic carbocycles. The van der Waals surface area contributed by atoms with Crippen molar-refractivity contribution in [2.24, 2.45) is 5.92 Å². The Bertz CT molecular complexity index is 1340. The molecule has 8 heteroatoms. The number of halogens is 1. The Kier molecular flexibility index (Phi) is 5.85. The van der Waals surface area contributed by atoms with E-state index in [4.69, 9.17) is 0 Å². The number of nitrogens with zero attached hydrogens (tertiary/aromatic N) is 3. The molecule has 0 bridgehead atoms. The van der Waals surface area contributed by atoms with Gasteiger partial charge in [-0.1, -0.05) is 6.42 Å². The Morgan fingerprint density at radius 3 is 2.80 bits per heavy atom. The van der Waals surface area contributed by atoms with Crippen LogP contribution in [0.25, 0.3) is 22.2 Å². The minimum atomic E-state index is -0.344. The highest BCUT2D eigenvalue weighted by atomic mass is 19.1. The number of anilines is 1. The van der Waals surface area contributed by atoms with Crippen LogP contribution in [0.1, 0.15) is 67.1 Å². The Labute approximate surface area is 207 Å². The van der Waals surface area contributed by atoms with Crippen LogP contribution in [-0.2, 0) is 21.5 Å². The van der Waals surface area contributed by atoms with E-state index in [1.165, 1.54) is 13.0 Å². The topological polar surface area (TPSA) is 88.9 Å². The van der Waals surface area contributed by atoms with Crippen LogP contribution in [0.3, 0.4) is 0 Å². The molecule has 2 aliphatic rings. The first-order valence-corrected chi connectivity index (χ1v) is 12.4. The summed E-state index contributed by atoms with van der Waals surface area (Å²) in [5.41, 5.74) is 3.54. The first kappa shape index (κ1) is 23.5. The fourth-order valence-electron chi connectivity index (χ4n) is 5.69. The molecule has 35 heavy (non-hydrogen) atoms. The number of aryl methyl sites for hydroxylation is 2. The number of fused-ring (bicyclic) bond motifs is 3. The van der Waals surface area contributed by atoms with Crippen LogP contribution in [-0.4, -0.2) is 32.4 Å². The van der Waals surface area contributed by atoms with Gasteiger partial charge in [0.25, 0.3) is 0 Å². The Hall–Kier alpha value is -3.29. The van der Waals surface area contributed by atoms with Crippen LogP contribution in [0, 0.1) is 18.7 Å². The number of hydrogen-bond acceptors (Lipinski definition) is 4. The van der Waals surface area contributed by atoms with E-state index in [1.807, 2.05) is 19.1 Å². The van der Waals surface area contributed by atoms with Crippen molar-refractivity contribution in [3.05, 3.63) is 41.6 Å². The third-order valence-electron chi connectivity index (χ3n) is 7.47. The van der Waals surface area contributed by atoms with E-state index in [1.54, 1.807) is 6.20 Å². The van der Waals surface area contributed by atoms with E-state index in [0.29, 0.717) is 17.8 Å². The first-order valence-electron chi connectivity index (χ1n) is 12.4. The normalized spacial score (nSPS) is 21.1. The number of rotatable bonds is 4. The quantitative estimate of drug-likeness (QED) is 0.526. The van der Waals surface area contributed by atoms with Crippen molar-refractivity contribution in [2.75, 3.05) is 5.32 Å². The lowest BCUT2D eigenvalue weighted by atomic mass is 9.85. The van der Waals surface area contributed by atoms with Crippen molar-refractivity contribution in [2.45, 2.75) is 77.8 Å². The predicted octanol–water partition coefficient (Wildman–Crippen LogP) is 5.35. The van der Waals surface area contributed by atoms with E-state index in [2.05, 4.69) is 39.0 Å². The van der Waals surface area contributed by atoms with Crippen LogP contribution < -0.4 is 10.6 Å². The SMILES string of the molecule is CC(=O)N[C@@H]1CCC[C@H](C(=O)Nc2cc(-c3cc(F)c4nc5n(c4c3)C(C)(C)CC5)c(C)cn2)C1.[HH].[HH]. The molecule has 5 rings (SSSR count). The third-order valence-corrected chi connectivity index (χ3v) is 7.47. The van der Waals surface area contributed by atoms with Gasteiger partial charge in [0.05, 0.1) is 5.52 Å². The van der Waals surface area contributed by atoms with E-state index in [-0.39, 0.29) is 38.0 Å². The Morgan fingerprint density at radius 2 is 2.03 bits per heavy atom. The maximum absolute atomic E-state index is 15.2. The summed E-state index contributed by atoms with van der Waals surface area (Å²) in [5.74, 6) is 0.666. The summed E-state index contributed by atoms with van der Waals surface area (Å²) >= 11 is 0. The van der Waals surface area contributed by atoms with Gasteiger partial charge >= 0.3 is 0 Å². The molecule has 0 saturated heterocycles. The maximum Gasteiger partial charge on any atom is 0.228 e. The Morgan fingerprint density at radius 1 is 1.23 bits per heavy atom. The van der Waals surface area contributed by atoms with E-state index >= 15 is 4.39 Å².